The highest BCUT2D eigenvalue weighted by Crippen LogP contribution is 2.12. The Bertz CT molecular complexity index is 473. The van der Waals surface area contributed by atoms with Crippen molar-refractivity contribution < 1.29 is 8.42 Å². The van der Waals surface area contributed by atoms with Gasteiger partial charge in [-0.3, -0.25) is 4.90 Å². The molecular formula is C13H20N2O2S. The number of hydrogen-bond donors (Lipinski definition) is 1. The van der Waals surface area contributed by atoms with Gasteiger partial charge in [0.2, 0.25) is 0 Å². The smallest absolute Gasteiger partial charge is 0.153 e. The van der Waals surface area contributed by atoms with Crippen molar-refractivity contribution in [3.63, 3.8) is 0 Å². The number of sulfone groups is 1. The largest absolute Gasteiger partial charge is 0.329 e. The van der Waals surface area contributed by atoms with Gasteiger partial charge in [0.05, 0.1) is 11.5 Å². The maximum atomic E-state index is 11.6. The molecule has 2 rings (SSSR count). The lowest BCUT2D eigenvalue weighted by molar-refractivity contribution is 0.220. The van der Waals surface area contributed by atoms with Crippen molar-refractivity contribution in [2.24, 2.45) is 5.73 Å². The van der Waals surface area contributed by atoms with E-state index in [1.807, 2.05) is 18.2 Å². The van der Waals surface area contributed by atoms with Crippen LogP contribution in [-0.4, -0.2) is 50.5 Å². The molecule has 0 radical (unpaired) electrons. The number of benzene rings is 1. The summed E-state index contributed by atoms with van der Waals surface area (Å²) >= 11 is 0. The van der Waals surface area contributed by atoms with Crippen LogP contribution < -0.4 is 5.73 Å². The van der Waals surface area contributed by atoms with E-state index in [4.69, 9.17) is 5.73 Å². The lowest BCUT2D eigenvalue weighted by Gasteiger charge is -2.34. The molecule has 1 saturated heterocycles. The fraction of sp³-hybridized carbons (Fsp3) is 0.538. The van der Waals surface area contributed by atoms with Crippen molar-refractivity contribution in [2.45, 2.75) is 12.5 Å². The molecule has 1 aliphatic rings. The topological polar surface area (TPSA) is 63.4 Å². The van der Waals surface area contributed by atoms with Gasteiger partial charge in [0.25, 0.3) is 0 Å². The molecule has 1 aromatic rings. The average Bonchev–Trinajstić information content (AvgIpc) is 2.37. The summed E-state index contributed by atoms with van der Waals surface area (Å²) in [4.78, 5) is 2.20. The van der Waals surface area contributed by atoms with Gasteiger partial charge in [0.15, 0.2) is 9.84 Å². The van der Waals surface area contributed by atoms with Crippen molar-refractivity contribution in [3.05, 3.63) is 35.9 Å². The first-order valence-corrected chi connectivity index (χ1v) is 8.11. The highest BCUT2D eigenvalue weighted by molar-refractivity contribution is 7.91. The van der Waals surface area contributed by atoms with E-state index in [9.17, 15) is 8.42 Å². The molecule has 2 N–H and O–H groups in total. The van der Waals surface area contributed by atoms with Gasteiger partial charge in [0.1, 0.15) is 0 Å². The maximum Gasteiger partial charge on any atom is 0.153 e. The standard InChI is InChI=1S/C13H20N2O2S/c14-10-13-11-18(16,17)9-8-15(13)7-6-12-4-2-1-3-5-12/h1-5,13H,6-11,14H2. The van der Waals surface area contributed by atoms with Crippen molar-refractivity contribution in [1.29, 1.82) is 0 Å². The Morgan fingerprint density at radius 1 is 1.28 bits per heavy atom. The fourth-order valence-electron chi connectivity index (χ4n) is 2.35. The zero-order chi connectivity index (χ0) is 13.0. The summed E-state index contributed by atoms with van der Waals surface area (Å²) < 4.78 is 23.1. The van der Waals surface area contributed by atoms with Crippen LogP contribution in [0.2, 0.25) is 0 Å². The lowest BCUT2D eigenvalue weighted by Crippen LogP contribution is -2.52. The minimum atomic E-state index is -2.88. The van der Waals surface area contributed by atoms with Crippen LogP contribution in [0.4, 0.5) is 0 Å². The second-order valence-corrected chi connectivity index (χ2v) is 7.00. The van der Waals surface area contributed by atoms with Gasteiger partial charge in [-0.25, -0.2) is 8.42 Å². The van der Waals surface area contributed by atoms with E-state index in [0.29, 0.717) is 13.1 Å². The predicted octanol–water partition coefficient (Wildman–Crippen LogP) is 0.287. The third kappa shape index (κ3) is 3.54. The molecule has 1 fully saturated rings. The minimum Gasteiger partial charge on any atom is -0.329 e. The molecule has 0 aliphatic carbocycles. The molecule has 1 aliphatic heterocycles. The summed E-state index contributed by atoms with van der Waals surface area (Å²) in [6.45, 7) is 1.90. The predicted molar refractivity (Wildman–Crippen MR) is 73.2 cm³/mol. The molecule has 1 unspecified atom stereocenters. The molecule has 4 nitrogen and oxygen atoms in total. The van der Waals surface area contributed by atoms with Crippen LogP contribution in [0.3, 0.4) is 0 Å². The Morgan fingerprint density at radius 3 is 2.67 bits per heavy atom. The second kappa shape index (κ2) is 5.82. The zero-order valence-electron chi connectivity index (χ0n) is 10.5. The summed E-state index contributed by atoms with van der Waals surface area (Å²) in [6.07, 6.45) is 0.942. The summed E-state index contributed by atoms with van der Waals surface area (Å²) in [5.74, 6) is 0.469. The normalized spacial score (nSPS) is 23.9. The van der Waals surface area contributed by atoms with Gasteiger partial charge in [0, 0.05) is 25.7 Å². The second-order valence-electron chi connectivity index (χ2n) is 4.78. The van der Waals surface area contributed by atoms with E-state index in [1.54, 1.807) is 0 Å². The summed E-state index contributed by atoms with van der Waals surface area (Å²) in [5.41, 5.74) is 6.96. The van der Waals surface area contributed by atoms with Gasteiger partial charge >= 0.3 is 0 Å². The molecule has 1 atom stereocenters. The Balaban J connectivity index is 1.93. The van der Waals surface area contributed by atoms with Gasteiger partial charge < -0.3 is 5.73 Å². The maximum absolute atomic E-state index is 11.6. The number of hydrogen-bond acceptors (Lipinski definition) is 4. The van der Waals surface area contributed by atoms with Crippen LogP contribution >= 0.6 is 0 Å². The van der Waals surface area contributed by atoms with E-state index < -0.39 is 9.84 Å². The van der Waals surface area contributed by atoms with Gasteiger partial charge in [-0.1, -0.05) is 30.3 Å². The van der Waals surface area contributed by atoms with Crippen LogP contribution in [0.5, 0.6) is 0 Å². The van der Waals surface area contributed by atoms with Crippen molar-refractivity contribution in [1.82, 2.24) is 4.90 Å². The molecule has 1 heterocycles. The molecule has 100 valence electrons. The third-order valence-electron chi connectivity index (χ3n) is 3.45. The Hall–Kier alpha value is -0.910. The van der Waals surface area contributed by atoms with Gasteiger partial charge in [-0.2, -0.15) is 0 Å². The first kappa shape index (κ1) is 13.5. The minimum absolute atomic E-state index is 0.0209. The Morgan fingerprint density at radius 2 is 2.00 bits per heavy atom. The number of nitrogens with zero attached hydrogens (tertiary/aromatic N) is 1. The lowest BCUT2D eigenvalue weighted by atomic mass is 10.1. The third-order valence-corrected chi connectivity index (χ3v) is 5.15. The molecule has 5 heteroatoms. The molecule has 0 amide bonds. The van der Waals surface area contributed by atoms with Crippen LogP contribution in [0.15, 0.2) is 30.3 Å². The van der Waals surface area contributed by atoms with Crippen molar-refractivity contribution in [2.75, 3.05) is 31.1 Å². The average molecular weight is 268 g/mol. The van der Waals surface area contributed by atoms with E-state index in [1.165, 1.54) is 5.56 Å². The molecule has 1 aromatic carbocycles. The SMILES string of the molecule is NCC1CS(=O)(=O)CCN1CCc1ccccc1. The molecule has 18 heavy (non-hydrogen) atoms. The monoisotopic (exact) mass is 268 g/mol. The van der Waals surface area contributed by atoms with Gasteiger partial charge in [-0.05, 0) is 12.0 Å². The van der Waals surface area contributed by atoms with Crippen LogP contribution in [-0.2, 0) is 16.3 Å². The van der Waals surface area contributed by atoms with Crippen LogP contribution in [0.1, 0.15) is 5.56 Å². The van der Waals surface area contributed by atoms with Gasteiger partial charge in [-0.15, -0.1) is 0 Å². The molecule has 0 spiro atoms. The molecular weight excluding hydrogens is 248 g/mol. The molecule has 0 aromatic heterocycles. The van der Waals surface area contributed by atoms with Crippen LogP contribution in [0.25, 0.3) is 0 Å². The van der Waals surface area contributed by atoms with E-state index in [0.717, 1.165) is 13.0 Å². The van der Waals surface area contributed by atoms with Crippen LogP contribution in [0, 0.1) is 0 Å². The van der Waals surface area contributed by atoms with E-state index in [-0.39, 0.29) is 17.5 Å². The quantitative estimate of drug-likeness (QED) is 0.852. The fourth-order valence-corrected chi connectivity index (χ4v) is 3.96. The van der Waals surface area contributed by atoms with E-state index in [2.05, 4.69) is 17.0 Å². The molecule has 0 saturated carbocycles. The van der Waals surface area contributed by atoms with E-state index >= 15 is 0 Å². The number of rotatable bonds is 4. The highest BCUT2D eigenvalue weighted by Gasteiger charge is 2.29. The number of nitrogens with two attached hydrogens (primary N) is 1. The Labute approximate surface area is 109 Å². The summed E-state index contributed by atoms with van der Waals surface area (Å²) in [6, 6.07) is 10.2. The first-order chi connectivity index (χ1) is 8.61. The zero-order valence-corrected chi connectivity index (χ0v) is 11.3. The first-order valence-electron chi connectivity index (χ1n) is 6.29. The van der Waals surface area contributed by atoms with Crippen molar-refractivity contribution >= 4 is 9.84 Å². The highest BCUT2D eigenvalue weighted by atomic mass is 32.2. The summed E-state index contributed by atoms with van der Waals surface area (Å²) in [5, 5.41) is 0. The van der Waals surface area contributed by atoms with Crippen molar-refractivity contribution in [3.8, 4) is 0 Å². The Kier molecular flexibility index (Phi) is 4.37. The summed E-state index contributed by atoms with van der Waals surface area (Å²) in [7, 11) is -2.88. The molecule has 0 bridgehead atoms.